The number of carbonyl (C=O) groups is 1. The Bertz CT molecular complexity index is 717. The Morgan fingerprint density at radius 2 is 1.56 bits per heavy atom. The molecule has 0 aromatic carbocycles. The molecule has 0 radical (unpaired) electrons. The molecule has 4 bridgehead atoms. The molecule has 0 unspecified atom stereocenters. The number of hydrogen-bond donors (Lipinski definition) is 0. The highest BCUT2D eigenvalue weighted by molar-refractivity contribution is 7.94. The van der Waals surface area contributed by atoms with Gasteiger partial charge in [-0.2, -0.15) is 19.3 Å². The van der Waals surface area contributed by atoms with Gasteiger partial charge in [-0.1, -0.05) is 0 Å². The van der Waals surface area contributed by atoms with Crippen molar-refractivity contribution >= 4 is 15.8 Å². The van der Waals surface area contributed by atoms with E-state index >= 15 is 0 Å². The number of ether oxygens (including phenoxy) is 1. The number of esters is 1. The van der Waals surface area contributed by atoms with Crippen molar-refractivity contribution in [2.45, 2.75) is 49.0 Å². The van der Waals surface area contributed by atoms with Crippen LogP contribution in [0.4, 0.5) is 8.78 Å². The van der Waals surface area contributed by atoms with Crippen LogP contribution in [0.25, 0.3) is 0 Å². The van der Waals surface area contributed by atoms with Crippen molar-refractivity contribution in [1.82, 2.24) is 0 Å². The molecule has 0 spiro atoms. The third kappa shape index (κ3) is 2.89. The second kappa shape index (κ2) is 5.91. The highest BCUT2D eigenvalue weighted by atomic mass is 32.2. The predicted octanol–water partition coefficient (Wildman–Crippen LogP) is 2.17. The smallest absolute Gasteiger partial charge is 0.442 e. The normalized spacial score (nSPS) is 33.7. The fourth-order valence-electron chi connectivity index (χ4n) is 5.20. The average Bonchev–Trinajstić information content (AvgIpc) is 2.52. The fourth-order valence-corrected chi connectivity index (χ4v) is 6.07. The zero-order chi connectivity index (χ0) is 18.5. The van der Waals surface area contributed by atoms with Gasteiger partial charge in [0, 0.05) is 5.41 Å². The van der Waals surface area contributed by atoms with Gasteiger partial charge in [-0.25, -0.2) is 13.2 Å². The molecule has 4 fully saturated rings. The Labute approximate surface area is 144 Å². The number of nitrogens with zero attached hydrogens (tertiary/aromatic N) is 2. The number of alkyl halides is 2. The number of rotatable bonds is 5. The van der Waals surface area contributed by atoms with Gasteiger partial charge in [-0.05, 0) is 56.3 Å². The van der Waals surface area contributed by atoms with Crippen LogP contribution < -0.4 is 0 Å². The Morgan fingerprint density at radius 1 is 1.12 bits per heavy atom. The average molecular weight is 372 g/mol. The molecule has 4 saturated carbocycles. The number of hydrogen-bond acceptors (Lipinski definition) is 6. The number of sulfone groups is 1. The van der Waals surface area contributed by atoms with E-state index in [1.165, 1.54) is 0 Å². The molecule has 136 valence electrons. The molecule has 0 aromatic rings. The van der Waals surface area contributed by atoms with Gasteiger partial charge in [0.05, 0.1) is 18.7 Å². The van der Waals surface area contributed by atoms with E-state index in [1.807, 2.05) is 0 Å². The Kier molecular flexibility index (Phi) is 4.27. The minimum absolute atomic E-state index is 0.232. The maximum absolute atomic E-state index is 14.0. The van der Waals surface area contributed by atoms with E-state index in [4.69, 9.17) is 15.3 Å². The predicted molar refractivity (Wildman–Crippen MR) is 80.4 cm³/mol. The molecular formula is C16H18F2N2O4S. The van der Waals surface area contributed by atoms with E-state index in [9.17, 15) is 22.0 Å². The molecule has 4 rings (SSSR count). The van der Waals surface area contributed by atoms with Crippen molar-refractivity contribution in [2.75, 3.05) is 6.61 Å². The standard InChI is InChI=1S/C16H18F2N2O4S/c17-16(18,25(22,23)13(7-19)8-20)14(21)24-9-15-4-10-1-11(5-15)3-12(2-10)6-15/h10-13H,1-6,9H2. The van der Waals surface area contributed by atoms with Crippen LogP contribution in [0.3, 0.4) is 0 Å². The van der Waals surface area contributed by atoms with Crippen molar-refractivity contribution in [1.29, 1.82) is 10.5 Å². The van der Waals surface area contributed by atoms with E-state index < -0.39 is 26.3 Å². The first-order valence-corrected chi connectivity index (χ1v) is 9.76. The lowest BCUT2D eigenvalue weighted by atomic mass is 9.50. The van der Waals surface area contributed by atoms with Crippen LogP contribution in [-0.4, -0.2) is 31.5 Å². The van der Waals surface area contributed by atoms with E-state index in [0.29, 0.717) is 17.8 Å². The maximum Gasteiger partial charge on any atom is 0.442 e. The number of halogens is 2. The molecule has 0 saturated heterocycles. The van der Waals surface area contributed by atoms with Gasteiger partial charge in [-0.15, -0.1) is 0 Å². The van der Waals surface area contributed by atoms with Crippen LogP contribution in [-0.2, 0) is 19.4 Å². The molecule has 0 N–H and O–H groups in total. The van der Waals surface area contributed by atoms with Crippen LogP contribution >= 0.6 is 0 Å². The SMILES string of the molecule is N#CC(C#N)S(=O)(=O)C(F)(F)C(=O)OCC12CC3CC(CC(C3)C1)C2. The Balaban J connectivity index is 1.70. The monoisotopic (exact) mass is 372 g/mol. The highest BCUT2D eigenvalue weighted by Crippen LogP contribution is 2.60. The van der Waals surface area contributed by atoms with Crippen LogP contribution in [0.2, 0.25) is 0 Å². The summed E-state index contributed by atoms with van der Waals surface area (Å²) in [7, 11) is -5.61. The summed E-state index contributed by atoms with van der Waals surface area (Å²) in [5.41, 5.74) is -0.339. The van der Waals surface area contributed by atoms with Gasteiger partial charge >= 0.3 is 11.2 Å². The molecule has 0 heterocycles. The molecule has 6 nitrogen and oxygen atoms in total. The molecule has 0 atom stereocenters. The van der Waals surface area contributed by atoms with Gasteiger partial charge in [0.1, 0.15) is 0 Å². The molecule has 0 amide bonds. The van der Waals surface area contributed by atoms with Gasteiger partial charge in [-0.3, -0.25) is 0 Å². The summed E-state index contributed by atoms with van der Waals surface area (Å²) in [6, 6.07) is 1.93. The highest BCUT2D eigenvalue weighted by Gasteiger charge is 2.59. The summed E-state index contributed by atoms with van der Waals surface area (Å²) >= 11 is 0. The fraction of sp³-hybridized carbons (Fsp3) is 0.812. The van der Waals surface area contributed by atoms with Crippen LogP contribution in [0.15, 0.2) is 0 Å². The molecule has 4 aliphatic rings. The summed E-state index contributed by atoms with van der Waals surface area (Å²) in [5.74, 6) is -0.624. The molecule has 4 aliphatic carbocycles. The third-order valence-corrected chi connectivity index (χ3v) is 7.53. The minimum atomic E-state index is -5.61. The van der Waals surface area contributed by atoms with Gasteiger partial charge in [0.25, 0.3) is 9.84 Å². The van der Waals surface area contributed by atoms with Crippen LogP contribution in [0, 0.1) is 45.8 Å². The van der Waals surface area contributed by atoms with Gasteiger partial charge in [0.15, 0.2) is 0 Å². The summed E-state index contributed by atoms with van der Waals surface area (Å²) < 4.78 is 56.1. The van der Waals surface area contributed by atoms with Crippen molar-refractivity contribution in [2.24, 2.45) is 23.2 Å². The van der Waals surface area contributed by atoms with E-state index in [1.54, 1.807) is 0 Å². The molecule has 0 aromatic heterocycles. The first-order valence-electron chi connectivity index (χ1n) is 8.21. The molecular weight excluding hydrogens is 354 g/mol. The zero-order valence-electron chi connectivity index (χ0n) is 13.5. The number of carbonyl (C=O) groups excluding carboxylic acids is 1. The van der Waals surface area contributed by atoms with E-state index in [2.05, 4.69) is 0 Å². The lowest BCUT2D eigenvalue weighted by Gasteiger charge is -2.56. The lowest BCUT2D eigenvalue weighted by molar-refractivity contribution is -0.171. The third-order valence-electron chi connectivity index (χ3n) is 5.81. The summed E-state index contributed by atoms with van der Waals surface area (Å²) in [5, 5.41) is 9.58. The molecule has 9 heteroatoms. The molecule has 0 aliphatic heterocycles. The van der Waals surface area contributed by atoms with Crippen LogP contribution in [0.5, 0.6) is 0 Å². The minimum Gasteiger partial charge on any atom is -0.460 e. The Hall–Kier alpha value is -1.74. The van der Waals surface area contributed by atoms with Gasteiger partial charge in [0.2, 0.25) is 5.25 Å². The zero-order valence-corrected chi connectivity index (χ0v) is 14.3. The summed E-state index contributed by atoms with van der Waals surface area (Å²) in [6.07, 6.45) is 5.81. The number of nitriles is 2. The van der Waals surface area contributed by atoms with E-state index in [0.717, 1.165) is 50.7 Å². The lowest BCUT2D eigenvalue weighted by Crippen LogP contribution is -2.50. The largest absolute Gasteiger partial charge is 0.460 e. The summed E-state index contributed by atoms with van der Waals surface area (Å²) in [6.45, 7) is -0.232. The van der Waals surface area contributed by atoms with Gasteiger partial charge < -0.3 is 4.74 Å². The van der Waals surface area contributed by atoms with Crippen molar-refractivity contribution < 1.29 is 26.7 Å². The van der Waals surface area contributed by atoms with E-state index in [-0.39, 0.29) is 12.0 Å². The van der Waals surface area contributed by atoms with Crippen LogP contribution in [0.1, 0.15) is 38.5 Å². The van der Waals surface area contributed by atoms with Crippen molar-refractivity contribution in [3.05, 3.63) is 0 Å². The van der Waals surface area contributed by atoms with Crippen molar-refractivity contribution in [3.8, 4) is 12.1 Å². The topological polar surface area (TPSA) is 108 Å². The van der Waals surface area contributed by atoms with Crippen molar-refractivity contribution in [3.63, 3.8) is 0 Å². The first-order chi connectivity index (χ1) is 11.6. The summed E-state index contributed by atoms with van der Waals surface area (Å²) in [4.78, 5) is 11.8. The second-order valence-electron chi connectivity index (χ2n) is 7.69. The second-order valence-corrected chi connectivity index (χ2v) is 9.77. The Morgan fingerprint density at radius 3 is 1.96 bits per heavy atom. The first kappa shape index (κ1) is 18.1. The quantitative estimate of drug-likeness (QED) is 0.684. The maximum atomic E-state index is 14.0. The molecule has 25 heavy (non-hydrogen) atoms.